The topological polar surface area (TPSA) is 99.2 Å². The Balaban J connectivity index is 2.50. The quantitative estimate of drug-likeness (QED) is 0.611. The average Bonchev–Trinajstić information content (AvgIpc) is 2.75. The van der Waals surface area contributed by atoms with Gasteiger partial charge in [0.25, 0.3) is 0 Å². The largest absolute Gasteiger partial charge is 0.487 e. The lowest BCUT2D eigenvalue weighted by molar-refractivity contribution is 0.0809. The highest BCUT2D eigenvalue weighted by atomic mass is 32.2. The van der Waals surface area contributed by atoms with E-state index in [1.54, 1.807) is 31.0 Å². The second kappa shape index (κ2) is 11.7. The normalized spacial score (nSPS) is 21.0. The molecule has 0 saturated carbocycles. The highest BCUT2D eigenvalue weighted by Gasteiger charge is 2.38. The number of fused-ring (bicyclic) bond motifs is 1. The van der Waals surface area contributed by atoms with Crippen LogP contribution in [0, 0.1) is 17.8 Å². The van der Waals surface area contributed by atoms with E-state index in [9.17, 15) is 18.3 Å². The first-order chi connectivity index (χ1) is 15.5. The average molecular weight is 480 g/mol. The first-order valence-corrected chi connectivity index (χ1v) is 12.9. The minimum absolute atomic E-state index is 0.00774. The van der Waals surface area contributed by atoms with E-state index in [4.69, 9.17) is 4.74 Å². The second-order valence-electron chi connectivity index (χ2n) is 8.94. The van der Waals surface area contributed by atoms with Gasteiger partial charge in [0.15, 0.2) is 0 Å². The standard InChI is InChI=1S/C24H37N3O5S/c1-7-8-9-10-20-11-12-23-21(13-20)32-22(15-26(6)24(29)25-17(2)3)18(4)14-27(19(5)16-28)33(23,30)31/h11-13,17-19,22,28H,7-8,14-16H2,1-6H3,(H,25,29)/t18-,19+,22+/m0/s1. The number of ether oxygens (including phenoxy) is 1. The summed E-state index contributed by atoms with van der Waals surface area (Å²) < 4.78 is 34.5. The van der Waals surface area contributed by atoms with E-state index in [1.165, 1.54) is 10.4 Å². The van der Waals surface area contributed by atoms with Crippen molar-refractivity contribution in [3.8, 4) is 17.6 Å². The molecule has 0 bridgehead atoms. The number of amides is 2. The fourth-order valence-corrected chi connectivity index (χ4v) is 5.35. The third-order valence-electron chi connectivity index (χ3n) is 5.49. The Morgan fingerprint density at radius 3 is 2.67 bits per heavy atom. The van der Waals surface area contributed by atoms with Crippen LogP contribution in [0.5, 0.6) is 5.75 Å². The molecular weight excluding hydrogens is 442 g/mol. The van der Waals surface area contributed by atoms with Crippen LogP contribution in [0.25, 0.3) is 0 Å². The Morgan fingerprint density at radius 2 is 2.06 bits per heavy atom. The van der Waals surface area contributed by atoms with Crippen LogP contribution >= 0.6 is 0 Å². The molecule has 0 aliphatic carbocycles. The monoisotopic (exact) mass is 479 g/mol. The van der Waals surface area contributed by atoms with Gasteiger partial charge in [-0.1, -0.05) is 25.7 Å². The lowest BCUT2D eigenvalue weighted by Crippen LogP contribution is -2.51. The molecule has 1 aromatic carbocycles. The fraction of sp³-hybridized carbons (Fsp3) is 0.625. The summed E-state index contributed by atoms with van der Waals surface area (Å²) in [4.78, 5) is 14.0. The van der Waals surface area contributed by atoms with Crippen LogP contribution in [0.1, 0.15) is 53.0 Å². The van der Waals surface area contributed by atoms with Gasteiger partial charge in [0.2, 0.25) is 10.0 Å². The maximum absolute atomic E-state index is 13.5. The SMILES string of the molecule is CCCC#Cc1ccc2c(c1)O[C@H](CN(C)C(=O)NC(C)C)[C@@H](C)CN([C@H](C)CO)S2(=O)=O. The molecule has 184 valence electrons. The summed E-state index contributed by atoms with van der Waals surface area (Å²) >= 11 is 0. The molecule has 3 atom stereocenters. The van der Waals surface area contributed by atoms with Gasteiger partial charge >= 0.3 is 6.03 Å². The van der Waals surface area contributed by atoms with Gasteiger partial charge < -0.3 is 20.1 Å². The number of likely N-dealkylation sites (N-methyl/N-ethyl adjacent to an activating group) is 1. The Labute approximate surface area is 198 Å². The fourth-order valence-electron chi connectivity index (χ4n) is 3.52. The number of unbranched alkanes of at least 4 members (excludes halogenated alkanes) is 1. The van der Waals surface area contributed by atoms with Crippen LogP contribution < -0.4 is 10.1 Å². The summed E-state index contributed by atoms with van der Waals surface area (Å²) in [5.41, 5.74) is 0.664. The van der Waals surface area contributed by atoms with Gasteiger partial charge in [0.1, 0.15) is 16.7 Å². The number of nitrogens with one attached hydrogen (secondary N) is 1. The van der Waals surface area contributed by atoms with E-state index in [1.807, 2.05) is 27.7 Å². The number of benzene rings is 1. The van der Waals surface area contributed by atoms with Crippen molar-refractivity contribution >= 4 is 16.1 Å². The first-order valence-electron chi connectivity index (χ1n) is 11.4. The highest BCUT2D eigenvalue weighted by molar-refractivity contribution is 7.89. The predicted molar refractivity (Wildman–Crippen MR) is 129 cm³/mol. The van der Waals surface area contributed by atoms with Gasteiger partial charge in [0, 0.05) is 43.6 Å². The maximum atomic E-state index is 13.5. The van der Waals surface area contributed by atoms with E-state index < -0.39 is 22.2 Å². The number of carbonyl (C=O) groups is 1. The molecule has 0 radical (unpaired) electrons. The van der Waals surface area contributed by atoms with E-state index in [0.29, 0.717) is 5.56 Å². The van der Waals surface area contributed by atoms with Crippen molar-refractivity contribution in [3.63, 3.8) is 0 Å². The Bertz CT molecular complexity index is 984. The van der Waals surface area contributed by atoms with E-state index in [0.717, 1.165) is 12.8 Å². The molecule has 9 heteroatoms. The number of hydrogen-bond acceptors (Lipinski definition) is 5. The van der Waals surface area contributed by atoms with E-state index in [-0.39, 0.29) is 48.3 Å². The third kappa shape index (κ3) is 6.85. The number of rotatable bonds is 6. The molecule has 1 aliphatic heterocycles. The number of sulfonamides is 1. The number of aliphatic hydroxyl groups is 1. The maximum Gasteiger partial charge on any atom is 0.317 e. The van der Waals surface area contributed by atoms with Gasteiger partial charge in [-0.05, 0) is 45.4 Å². The Kier molecular flexibility index (Phi) is 9.58. The lowest BCUT2D eigenvalue weighted by Gasteiger charge is -2.37. The second-order valence-corrected chi connectivity index (χ2v) is 10.8. The molecule has 2 amide bonds. The van der Waals surface area contributed by atoms with Crippen molar-refractivity contribution in [2.75, 3.05) is 26.7 Å². The van der Waals surface area contributed by atoms with Gasteiger partial charge in [-0.15, -0.1) is 0 Å². The van der Waals surface area contributed by atoms with Crippen LogP contribution in [-0.4, -0.2) is 73.7 Å². The van der Waals surface area contributed by atoms with Gasteiger partial charge in [0.05, 0.1) is 13.2 Å². The number of aliphatic hydroxyl groups excluding tert-OH is 1. The molecule has 0 spiro atoms. The van der Waals surface area contributed by atoms with Gasteiger partial charge in [-0.3, -0.25) is 0 Å². The molecule has 8 nitrogen and oxygen atoms in total. The van der Waals surface area contributed by atoms with Crippen molar-refractivity contribution in [2.24, 2.45) is 5.92 Å². The number of hydrogen-bond donors (Lipinski definition) is 2. The molecule has 1 heterocycles. The molecule has 33 heavy (non-hydrogen) atoms. The Hall–Kier alpha value is -2.28. The molecule has 0 aromatic heterocycles. The summed E-state index contributed by atoms with van der Waals surface area (Å²) in [6, 6.07) is 4.00. The highest BCUT2D eigenvalue weighted by Crippen LogP contribution is 2.34. The first kappa shape index (κ1) is 27.0. The van der Waals surface area contributed by atoms with Crippen molar-refractivity contribution < 1.29 is 23.1 Å². The zero-order valence-corrected chi connectivity index (χ0v) is 21.3. The zero-order valence-electron chi connectivity index (χ0n) is 20.5. The molecule has 0 unspecified atom stereocenters. The summed E-state index contributed by atoms with van der Waals surface area (Å²) in [6.45, 7) is 9.51. The summed E-state index contributed by atoms with van der Waals surface area (Å²) in [6.07, 6.45) is 1.21. The van der Waals surface area contributed by atoms with Crippen LogP contribution in [0.15, 0.2) is 23.1 Å². The molecule has 0 fully saturated rings. The van der Waals surface area contributed by atoms with Crippen molar-refractivity contribution in [2.45, 2.75) is 70.5 Å². The minimum Gasteiger partial charge on any atom is -0.487 e. The smallest absolute Gasteiger partial charge is 0.317 e. The lowest BCUT2D eigenvalue weighted by atomic mass is 10.0. The summed E-state index contributed by atoms with van der Waals surface area (Å²) in [7, 11) is -2.22. The van der Waals surface area contributed by atoms with Crippen LogP contribution in [-0.2, 0) is 10.0 Å². The summed E-state index contributed by atoms with van der Waals surface area (Å²) in [5.74, 6) is 6.09. The predicted octanol–water partition coefficient (Wildman–Crippen LogP) is 2.66. The van der Waals surface area contributed by atoms with Crippen LogP contribution in [0.2, 0.25) is 0 Å². The van der Waals surface area contributed by atoms with Gasteiger partial charge in [-0.25, -0.2) is 13.2 Å². The van der Waals surface area contributed by atoms with E-state index >= 15 is 0 Å². The third-order valence-corrected chi connectivity index (χ3v) is 7.51. The van der Waals surface area contributed by atoms with Gasteiger partial charge in [-0.2, -0.15) is 4.31 Å². The molecule has 1 aromatic rings. The number of urea groups is 1. The van der Waals surface area contributed by atoms with Crippen molar-refractivity contribution in [1.82, 2.24) is 14.5 Å². The zero-order chi connectivity index (χ0) is 24.8. The van der Waals surface area contributed by atoms with E-state index in [2.05, 4.69) is 17.2 Å². The molecule has 2 N–H and O–H groups in total. The molecule has 2 rings (SSSR count). The Morgan fingerprint density at radius 1 is 1.36 bits per heavy atom. The van der Waals surface area contributed by atoms with Crippen LogP contribution in [0.4, 0.5) is 4.79 Å². The summed E-state index contributed by atoms with van der Waals surface area (Å²) in [5, 5.41) is 12.6. The van der Waals surface area contributed by atoms with Crippen LogP contribution in [0.3, 0.4) is 0 Å². The minimum atomic E-state index is -3.91. The molecular formula is C24H37N3O5S. The number of carbonyl (C=O) groups excluding carboxylic acids is 1. The molecule has 0 saturated heterocycles. The van der Waals surface area contributed by atoms with Crippen molar-refractivity contribution in [3.05, 3.63) is 23.8 Å². The van der Waals surface area contributed by atoms with Crippen molar-refractivity contribution in [1.29, 1.82) is 0 Å². The molecule has 1 aliphatic rings. The number of nitrogens with zero attached hydrogens (tertiary/aromatic N) is 2.